The predicted octanol–water partition coefficient (Wildman–Crippen LogP) is 3.98. The van der Waals surface area contributed by atoms with E-state index in [1.165, 1.54) is 12.1 Å². The number of halogens is 4. The summed E-state index contributed by atoms with van der Waals surface area (Å²) in [6.45, 7) is 2.73. The molecule has 1 aliphatic heterocycles. The first-order chi connectivity index (χ1) is 15.6. The number of carboxylic acids is 1. The second-order valence-corrected chi connectivity index (χ2v) is 8.08. The van der Waals surface area contributed by atoms with Gasteiger partial charge in [-0.1, -0.05) is 11.6 Å². The molecule has 12 heteroatoms. The third-order valence-corrected chi connectivity index (χ3v) is 5.68. The van der Waals surface area contributed by atoms with Crippen molar-refractivity contribution in [3.8, 4) is 0 Å². The molecule has 0 saturated carbocycles. The van der Waals surface area contributed by atoms with E-state index in [1.807, 2.05) is 4.90 Å². The molecule has 0 radical (unpaired) electrons. The lowest BCUT2D eigenvalue weighted by Crippen LogP contribution is -2.28. The highest BCUT2D eigenvalue weighted by Gasteiger charge is 2.32. The summed E-state index contributed by atoms with van der Waals surface area (Å²) in [7, 11) is 0. The topological polar surface area (TPSA) is 99.8 Å². The lowest BCUT2D eigenvalue weighted by molar-refractivity contribution is -0.137. The highest BCUT2D eigenvalue weighted by Crippen LogP contribution is 2.31. The van der Waals surface area contributed by atoms with Gasteiger partial charge in [0.15, 0.2) is 5.69 Å². The van der Waals surface area contributed by atoms with E-state index in [4.69, 9.17) is 11.6 Å². The summed E-state index contributed by atoms with van der Waals surface area (Å²) in [5, 5.41) is 12.1. The minimum absolute atomic E-state index is 0.0404. The van der Waals surface area contributed by atoms with Crippen LogP contribution >= 0.6 is 11.6 Å². The molecular formula is C21H19ClF3N5O3. The third kappa shape index (κ3) is 4.45. The Morgan fingerprint density at radius 1 is 1.24 bits per heavy atom. The number of carboxylic acid groups (broad SMARTS) is 1. The second-order valence-electron chi connectivity index (χ2n) is 7.69. The number of nitrogens with zero attached hydrogens (tertiary/aromatic N) is 4. The minimum Gasteiger partial charge on any atom is -0.476 e. The fourth-order valence-corrected chi connectivity index (χ4v) is 3.99. The molecule has 0 aliphatic carbocycles. The van der Waals surface area contributed by atoms with E-state index in [0.29, 0.717) is 18.9 Å². The molecule has 174 valence electrons. The maximum Gasteiger partial charge on any atom is 0.417 e. The third-order valence-electron chi connectivity index (χ3n) is 5.47. The van der Waals surface area contributed by atoms with Gasteiger partial charge in [-0.25, -0.2) is 14.8 Å². The normalized spacial score (nSPS) is 14.2. The molecule has 1 aliphatic rings. The summed E-state index contributed by atoms with van der Waals surface area (Å²) in [5.74, 6) is -0.909. The Kier molecular flexibility index (Phi) is 5.91. The average Bonchev–Trinajstić information content (AvgIpc) is 3.29. The zero-order valence-electron chi connectivity index (χ0n) is 17.4. The Balaban J connectivity index is 1.85. The molecule has 2 N–H and O–H groups in total. The van der Waals surface area contributed by atoms with Gasteiger partial charge in [0.25, 0.3) is 5.56 Å². The van der Waals surface area contributed by atoms with E-state index >= 15 is 0 Å². The molecule has 4 heterocycles. The van der Waals surface area contributed by atoms with E-state index in [9.17, 15) is 27.9 Å². The van der Waals surface area contributed by atoms with Crippen LogP contribution in [0, 0.1) is 6.92 Å². The van der Waals surface area contributed by atoms with Crippen molar-refractivity contribution in [2.24, 2.45) is 0 Å². The van der Waals surface area contributed by atoms with Crippen LogP contribution < -0.4 is 15.8 Å². The molecule has 0 aromatic carbocycles. The largest absolute Gasteiger partial charge is 0.476 e. The average molecular weight is 482 g/mol. The molecule has 33 heavy (non-hydrogen) atoms. The Morgan fingerprint density at radius 2 is 1.94 bits per heavy atom. The van der Waals surface area contributed by atoms with Gasteiger partial charge >= 0.3 is 12.1 Å². The first-order valence-corrected chi connectivity index (χ1v) is 10.5. The number of nitrogens with one attached hydrogen (secondary N) is 1. The number of fused-ring (bicyclic) bond motifs is 1. The van der Waals surface area contributed by atoms with Gasteiger partial charge in [-0.15, -0.1) is 0 Å². The van der Waals surface area contributed by atoms with E-state index in [1.54, 1.807) is 6.92 Å². The minimum atomic E-state index is -4.70. The highest BCUT2D eigenvalue weighted by molar-refractivity contribution is 6.29. The number of pyridine rings is 2. The SMILES string of the molecule is Cc1c(N2CCCC2)nc2c(CNc3ccc(Cl)nc3C(=O)O)cc(C(F)(F)F)cn2c1=O. The molecule has 3 aromatic heterocycles. The smallest absolute Gasteiger partial charge is 0.417 e. The zero-order chi connectivity index (χ0) is 23.9. The zero-order valence-corrected chi connectivity index (χ0v) is 18.2. The molecule has 4 rings (SSSR count). The first kappa shape index (κ1) is 22.8. The molecule has 0 spiro atoms. The van der Waals surface area contributed by atoms with Crippen molar-refractivity contribution in [1.82, 2.24) is 14.4 Å². The van der Waals surface area contributed by atoms with Crippen LogP contribution in [0.3, 0.4) is 0 Å². The Morgan fingerprint density at radius 3 is 2.58 bits per heavy atom. The number of carbonyl (C=O) groups is 1. The van der Waals surface area contributed by atoms with Crippen LogP contribution in [0.15, 0.2) is 29.2 Å². The monoisotopic (exact) mass is 481 g/mol. The summed E-state index contributed by atoms with van der Waals surface area (Å²) in [5.41, 5.74) is -1.51. The molecule has 8 nitrogen and oxygen atoms in total. The van der Waals surface area contributed by atoms with Crippen molar-refractivity contribution < 1.29 is 23.1 Å². The number of rotatable bonds is 5. The van der Waals surface area contributed by atoms with Crippen LogP contribution in [0.1, 0.15) is 40.0 Å². The molecule has 0 atom stereocenters. The molecule has 1 saturated heterocycles. The molecule has 0 bridgehead atoms. The molecule has 0 unspecified atom stereocenters. The first-order valence-electron chi connectivity index (χ1n) is 10.1. The van der Waals surface area contributed by atoms with Crippen molar-refractivity contribution in [1.29, 1.82) is 0 Å². The van der Waals surface area contributed by atoms with Gasteiger partial charge in [-0.3, -0.25) is 9.20 Å². The number of hydrogen-bond donors (Lipinski definition) is 2. The quantitative estimate of drug-likeness (QED) is 0.532. The van der Waals surface area contributed by atoms with Crippen LogP contribution in [0.5, 0.6) is 0 Å². The van der Waals surface area contributed by atoms with Gasteiger partial charge in [0, 0.05) is 31.4 Å². The predicted molar refractivity (Wildman–Crippen MR) is 116 cm³/mol. The fourth-order valence-electron chi connectivity index (χ4n) is 3.84. The van der Waals surface area contributed by atoms with Gasteiger partial charge in [0.05, 0.1) is 16.8 Å². The fraction of sp³-hybridized carbons (Fsp3) is 0.333. The van der Waals surface area contributed by atoms with Crippen molar-refractivity contribution >= 4 is 34.7 Å². The Bertz CT molecular complexity index is 1300. The van der Waals surface area contributed by atoms with Crippen LogP contribution in [0.25, 0.3) is 5.65 Å². The number of hydrogen-bond acceptors (Lipinski definition) is 6. The van der Waals surface area contributed by atoms with Crippen molar-refractivity contribution in [3.63, 3.8) is 0 Å². The highest BCUT2D eigenvalue weighted by atomic mass is 35.5. The summed E-state index contributed by atoms with van der Waals surface area (Å²) in [4.78, 5) is 34.7. The van der Waals surface area contributed by atoms with Crippen molar-refractivity contribution in [3.05, 3.63) is 62.3 Å². The van der Waals surface area contributed by atoms with Crippen LogP contribution in [0.4, 0.5) is 24.7 Å². The summed E-state index contributed by atoms with van der Waals surface area (Å²) in [6.07, 6.45) is -2.09. The van der Waals surface area contributed by atoms with Gasteiger partial charge < -0.3 is 15.3 Å². The lowest BCUT2D eigenvalue weighted by Gasteiger charge is -2.21. The Labute approximate surface area is 190 Å². The van der Waals surface area contributed by atoms with E-state index in [0.717, 1.165) is 29.5 Å². The molecular weight excluding hydrogens is 463 g/mol. The van der Waals surface area contributed by atoms with Crippen molar-refractivity contribution in [2.75, 3.05) is 23.3 Å². The Hall–Kier alpha value is -3.34. The number of anilines is 2. The second kappa shape index (κ2) is 8.54. The lowest BCUT2D eigenvalue weighted by atomic mass is 10.1. The summed E-state index contributed by atoms with van der Waals surface area (Å²) >= 11 is 5.76. The van der Waals surface area contributed by atoms with E-state index in [-0.39, 0.29) is 39.9 Å². The van der Waals surface area contributed by atoms with Gasteiger partial charge in [-0.05, 0) is 38.0 Å². The van der Waals surface area contributed by atoms with Crippen LogP contribution in [-0.2, 0) is 12.7 Å². The van der Waals surface area contributed by atoms with Gasteiger partial charge in [-0.2, -0.15) is 13.2 Å². The van der Waals surface area contributed by atoms with Crippen molar-refractivity contribution in [2.45, 2.75) is 32.5 Å². The number of alkyl halides is 3. The van der Waals surface area contributed by atoms with E-state index < -0.39 is 23.3 Å². The summed E-state index contributed by atoms with van der Waals surface area (Å²) in [6, 6.07) is 3.63. The van der Waals surface area contributed by atoms with E-state index in [2.05, 4.69) is 15.3 Å². The van der Waals surface area contributed by atoms with Gasteiger partial charge in [0.1, 0.15) is 16.6 Å². The maximum absolute atomic E-state index is 13.6. The maximum atomic E-state index is 13.6. The van der Waals surface area contributed by atoms with Crippen LogP contribution in [0.2, 0.25) is 5.15 Å². The standard InChI is InChI=1S/C21H19ClF3N5O3/c1-11-17(29-6-2-3-7-29)28-18-12(8-13(21(23,24)25)10-30(18)19(11)31)9-26-14-4-5-15(22)27-16(14)20(32)33/h4-5,8,10,26H,2-3,6-7,9H2,1H3,(H,32,33). The molecule has 1 fully saturated rings. The molecule has 0 amide bonds. The number of aromatic carboxylic acids is 1. The van der Waals surface area contributed by atoms with Crippen LogP contribution in [-0.4, -0.2) is 38.5 Å². The van der Waals surface area contributed by atoms with Gasteiger partial charge in [0.2, 0.25) is 0 Å². The molecule has 3 aromatic rings. The summed E-state index contributed by atoms with van der Waals surface area (Å²) < 4.78 is 41.6. The number of aromatic nitrogens is 3.